The minimum Gasteiger partial charge on any atom is -0.381 e. The molecular weight excluding hydrogens is 286 g/mol. The third kappa shape index (κ3) is 3.46. The van der Waals surface area contributed by atoms with Gasteiger partial charge in [-0.25, -0.2) is 0 Å². The molecular formula is C16H20ClN3O. The number of halogens is 1. The van der Waals surface area contributed by atoms with Crippen molar-refractivity contribution in [2.45, 2.75) is 25.4 Å². The Bertz CT molecular complexity index is 613. The molecule has 0 radical (unpaired) electrons. The first-order valence-electron chi connectivity index (χ1n) is 7.35. The van der Waals surface area contributed by atoms with E-state index in [4.69, 9.17) is 16.3 Å². The van der Waals surface area contributed by atoms with Crippen LogP contribution in [0.5, 0.6) is 0 Å². The zero-order valence-electron chi connectivity index (χ0n) is 12.1. The van der Waals surface area contributed by atoms with E-state index in [9.17, 15) is 0 Å². The summed E-state index contributed by atoms with van der Waals surface area (Å²) in [5, 5.41) is 8.74. The smallest absolute Gasteiger partial charge is 0.0948 e. The summed E-state index contributed by atoms with van der Waals surface area (Å²) in [6.45, 7) is 4.71. The maximum Gasteiger partial charge on any atom is 0.0948 e. The van der Waals surface area contributed by atoms with Crippen molar-refractivity contribution in [1.82, 2.24) is 10.3 Å². The highest BCUT2D eigenvalue weighted by molar-refractivity contribution is 6.35. The molecule has 1 fully saturated rings. The average Bonchev–Trinajstić information content (AvgIpc) is 2.51. The van der Waals surface area contributed by atoms with Crippen LogP contribution in [0.2, 0.25) is 5.02 Å². The van der Waals surface area contributed by atoms with E-state index in [2.05, 4.69) is 22.5 Å². The highest BCUT2D eigenvalue weighted by Crippen LogP contribution is 2.28. The van der Waals surface area contributed by atoms with Crippen LogP contribution in [0.3, 0.4) is 0 Å². The first-order valence-corrected chi connectivity index (χ1v) is 7.73. The summed E-state index contributed by atoms with van der Waals surface area (Å²) in [6.07, 6.45) is 2.81. The molecule has 21 heavy (non-hydrogen) atoms. The van der Waals surface area contributed by atoms with Gasteiger partial charge in [0.2, 0.25) is 0 Å². The van der Waals surface area contributed by atoms with Crippen molar-refractivity contribution in [1.29, 1.82) is 0 Å². The number of rotatable bonds is 4. The SMILES string of the molecule is CC(CC1COCCN1)Nc1ccc(Cl)c2cccnc12. The van der Waals surface area contributed by atoms with Crippen LogP contribution in [-0.2, 0) is 4.74 Å². The molecule has 1 aromatic heterocycles. The summed E-state index contributed by atoms with van der Waals surface area (Å²) in [6, 6.07) is 8.56. The molecule has 1 aliphatic heterocycles. The number of benzene rings is 1. The predicted molar refractivity (Wildman–Crippen MR) is 87.1 cm³/mol. The number of morpholine rings is 1. The quantitative estimate of drug-likeness (QED) is 0.911. The van der Waals surface area contributed by atoms with Crippen molar-refractivity contribution in [3.63, 3.8) is 0 Å². The van der Waals surface area contributed by atoms with Gasteiger partial charge in [0.05, 0.1) is 29.4 Å². The van der Waals surface area contributed by atoms with Crippen LogP contribution in [0.1, 0.15) is 13.3 Å². The maximum absolute atomic E-state index is 6.23. The lowest BCUT2D eigenvalue weighted by molar-refractivity contribution is 0.0731. The fraction of sp³-hybridized carbons (Fsp3) is 0.438. The number of aromatic nitrogens is 1. The molecule has 0 aliphatic carbocycles. The van der Waals surface area contributed by atoms with Gasteiger partial charge in [0.1, 0.15) is 0 Å². The molecule has 0 saturated carbocycles. The summed E-state index contributed by atoms with van der Waals surface area (Å²) >= 11 is 6.23. The zero-order chi connectivity index (χ0) is 14.7. The van der Waals surface area contributed by atoms with Crippen molar-refractivity contribution in [3.8, 4) is 0 Å². The lowest BCUT2D eigenvalue weighted by atomic mass is 10.1. The summed E-state index contributed by atoms with van der Waals surface area (Å²) in [7, 11) is 0. The molecule has 2 N–H and O–H groups in total. The van der Waals surface area contributed by atoms with E-state index in [1.807, 2.05) is 24.3 Å². The third-order valence-corrected chi connectivity index (χ3v) is 4.08. The van der Waals surface area contributed by atoms with Gasteiger partial charge in [-0.1, -0.05) is 11.6 Å². The van der Waals surface area contributed by atoms with E-state index in [1.165, 1.54) is 0 Å². The molecule has 0 amide bonds. The highest BCUT2D eigenvalue weighted by Gasteiger charge is 2.17. The molecule has 1 aliphatic rings. The molecule has 3 rings (SSSR count). The van der Waals surface area contributed by atoms with Gasteiger partial charge in [0.25, 0.3) is 0 Å². The average molecular weight is 306 g/mol. The first kappa shape index (κ1) is 14.6. The van der Waals surface area contributed by atoms with Gasteiger partial charge in [0, 0.05) is 30.2 Å². The van der Waals surface area contributed by atoms with Crippen LogP contribution in [0.4, 0.5) is 5.69 Å². The molecule has 1 saturated heterocycles. The van der Waals surface area contributed by atoms with Crippen molar-refractivity contribution in [2.24, 2.45) is 0 Å². The molecule has 4 nitrogen and oxygen atoms in total. The maximum atomic E-state index is 6.23. The molecule has 2 atom stereocenters. The number of anilines is 1. The number of nitrogens with one attached hydrogen (secondary N) is 2. The Morgan fingerprint density at radius 3 is 3.19 bits per heavy atom. The van der Waals surface area contributed by atoms with Gasteiger partial charge in [-0.3, -0.25) is 4.98 Å². The van der Waals surface area contributed by atoms with Crippen molar-refractivity contribution in [2.75, 3.05) is 25.1 Å². The Labute approximate surface area is 129 Å². The van der Waals surface area contributed by atoms with Crippen molar-refractivity contribution in [3.05, 3.63) is 35.5 Å². The molecule has 112 valence electrons. The summed E-state index contributed by atoms with van der Waals surface area (Å²) < 4.78 is 5.50. The van der Waals surface area contributed by atoms with Crippen LogP contribution in [-0.4, -0.2) is 36.8 Å². The number of hydrogen-bond acceptors (Lipinski definition) is 4. The van der Waals surface area contributed by atoms with Gasteiger partial charge < -0.3 is 15.4 Å². The summed E-state index contributed by atoms with van der Waals surface area (Å²) in [5.74, 6) is 0. The van der Waals surface area contributed by atoms with Gasteiger partial charge >= 0.3 is 0 Å². The standard InChI is InChI=1S/C16H20ClN3O/c1-11(9-12-10-21-8-7-18-12)20-15-5-4-14(17)13-3-2-6-19-16(13)15/h2-6,11-12,18,20H,7-10H2,1H3. The van der Waals surface area contributed by atoms with E-state index >= 15 is 0 Å². The Kier molecular flexibility index (Phi) is 4.58. The van der Waals surface area contributed by atoms with Crippen LogP contribution in [0.25, 0.3) is 10.9 Å². The Morgan fingerprint density at radius 2 is 2.38 bits per heavy atom. The lowest BCUT2D eigenvalue weighted by Crippen LogP contribution is -2.43. The van der Waals surface area contributed by atoms with Gasteiger partial charge in [-0.05, 0) is 37.6 Å². The third-order valence-electron chi connectivity index (χ3n) is 3.75. The lowest BCUT2D eigenvalue weighted by Gasteiger charge is -2.27. The molecule has 1 aromatic carbocycles. The van der Waals surface area contributed by atoms with Gasteiger partial charge in [-0.15, -0.1) is 0 Å². The number of hydrogen-bond donors (Lipinski definition) is 2. The summed E-state index contributed by atoms with van der Waals surface area (Å²) in [5.41, 5.74) is 1.95. The minimum atomic E-state index is 0.329. The Morgan fingerprint density at radius 1 is 1.48 bits per heavy atom. The van der Waals surface area contributed by atoms with E-state index in [0.29, 0.717) is 12.1 Å². The number of ether oxygens (including phenoxy) is 1. The highest BCUT2D eigenvalue weighted by atomic mass is 35.5. The minimum absolute atomic E-state index is 0.329. The van der Waals surface area contributed by atoms with E-state index < -0.39 is 0 Å². The fourth-order valence-corrected chi connectivity index (χ4v) is 2.99. The van der Waals surface area contributed by atoms with E-state index in [-0.39, 0.29) is 0 Å². The fourth-order valence-electron chi connectivity index (χ4n) is 2.78. The largest absolute Gasteiger partial charge is 0.381 e. The first-order chi connectivity index (χ1) is 10.2. The van der Waals surface area contributed by atoms with Gasteiger partial charge in [-0.2, -0.15) is 0 Å². The van der Waals surface area contributed by atoms with Crippen molar-refractivity contribution < 1.29 is 4.74 Å². The Hall–Kier alpha value is -1.36. The van der Waals surface area contributed by atoms with Crippen LogP contribution in [0.15, 0.2) is 30.5 Å². The molecule has 0 spiro atoms. The molecule has 2 aromatic rings. The monoisotopic (exact) mass is 305 g/mol. The van der Waals surface area contributed by atoms with Crippen LogP contribution >= 0.6 is 11.6 Å². The normalized spacial score (nSPS) is 20.4. The zero-order valence-corrected chi connectivity index (χ0v) is 12.9. The van der Waals surface area contributed by atoms with E-state index in [0.717, 1.165) is 47.8 Å². The van der Waals surface area contributed by atoms with Crippen LogP contribution in [0, 0.1) is 0 Å². The molecule has 0 bridgehead atoms. The second kappa shape index (κ2) is 6.60. The molecule has 2 heterocycles. The number of pyridine rings is 1. The van der Waals surface area contributed by atoms with Crippen LogP contribution < -0.4 is 10.6 Å². The predicted octanol–water partition coefficient (Wildman–Crippen LogP) is 3.07. The van der Waals surface area contributed by atoms with Crippen molar-refractivity contribution >= 4 is 28.2 Å². The van der Waals surface area contributed by atoms with E-state index in [1.54, 1.807) is 6.20 Å². The topological polar surface area (TPSA) is 46.2 Å². The Balaban J connectivity index is 1.73. The molecule has 5 heteroatoms. The summed E-state index contributed by atoms with van der Waals surface area (Å²) in [4.78, 5) is 4.45. The van der Waals surface area contributed by atoms with Gasteiger partial charge in [0.15, 0.2) is 0 Å². The second-order valence-electron chi connectivity index (χ2n) is 5.50. The number of fused-ring (bicyclic) bond motifs is 1. The second-order valence-corrected chi connectivity index (χ2v) is 5.91. The number of nitrogens with zero attached hydrogens (tertiary/aromatic N) is 1. The molecule has 2 unspecified atom stereocenters.